The van der Waals surface area contributed by atoms with Gasteiger partial charge in [0.05, 0.1) is 0 Å². The van der Waals surface area contributed by atoms with Crippen LogP contribution in [0.1, 0.15) is 27.0 Å². The summed E-state index contributed by atoms with van der Waals surface area (Å²) in [7, 11) is 1.88. The Bertz CT molecular complexity index is 639. The van der Waals surface area contributed by atoms with Crippen LogP contribution in [0.25, 0.3) is 0 Å². The summed E-state index contributed by atoms with van der Waals surface area (Å²) in [6, 6.07) is 14.1. The fraction of sp³-hybridized carbons (Fsp3) is 0.235. The van der Waals surface area contributed by atoms with Crippen molar-refractivity contribution in [3.05, 3.63) is 64.7 Å². The molecule has 0 saturated carbocycles. The highest BCUT2D eigenvalue weighted by Gasteiger charge is 2.24. The van der Waals surface area contributed by atoms with E-state index in [1.807, 2.05) is 49.2 Å². The largest absolute Gasteiger partial charge is 0.388 e. The minimum Gasteiger partial charge on any atom is -0.388 e. The first kappa shape index (κ1) is 12.7. The number of aryl methyl sites for hydroxylation is 1. The van der Waals surface area contributed by atoms with Gasteiger partial charge in [0.2, 0.25) is 0 Å². The molecular weight excluding hydrogens is 248 g/mol. The zero-order chi connectivity index (χ0) is 14.1. The molecule has 1 heterocycles. The average molecular weight is 266 g/mol. The van der Waals surface area contributed by atoms with Crippen LogP contribution in [0.15, 0.2) is 42.5 Å². The highest BCUT2D eigenvalue weighted by molar-refractivity contribution is 5.96. The lowest BCUT2D eigenvalue weighted by atomic mass is 10.1. The Balaban J connectivity index is 1.85. The second-order valence-electron chi connectivity index (χ2n) is 5.21. The summed E-state index contributed by atoms with van der Waals surface area (Å²) in [4.78, 5) is 14.6. The minimum atomic E-state index is 0.112. The van der Waals surface area contributed by atoms with Gasteiger partial charge in [-0.25, -0.2) is 0 Å². The third-order valence-corrected chi connectivity index (χ3v) is 3.87. The normalized spacial score (nSPS) is 13.2. The second-order valence-corrected chi connectivity index (χ2v) is 5.21. The number of anilines is 1. The number of hydrogen-bond donors (Lipinski definition) is 1. The third kappa shape index (κ3) is 2.16. The van der Waals surface area contributed by atoms with Crippen LogP contribution in [0.4, 0.5) is 5.69 Å². The smallest absolute Gasteiger partial charge is 0.254 e. The van der Waals surface area contributed by atoms with Crippen LogP contribution in [0.2, 0.25) is 0 Å². The summed E-state index contributed by atoms with van der Waals surface area (Å²) in [6.07, 6.45) is 0. The predicted octanol–water partition coefficient (Wildman–Crippen LogP) is 3.19. The Hall–Kier alpha value is -2.29. The molecule has 2 aromatic rings. The Morgan fingerprint density at radius 3 is 2.30 bits per heavy atom. The maximum absolute atomic E-state index is 12.6. The quantitative estimate of drug-likeness (QED) is 0.905. The van der Waals surface area contributed by atoms with Crippen LogP contribution in [0, 0.1) is 6.92 Å². The van der Waals surface area contributed by atoms with Gasteiger partial charge < -0.3 is 10.2 Å². The lowest BCUT2D eigenvalue weighted by Crippen LogP contribution is -2.26. The van der Waals surface area contributed by atoms with E-state index in [2.05, 4.69) is 17.4 Å². The Morgan fingerprint density at radius 2 is 1.75 bits per heavy atom. The Kier molecular flexibility index (Phi) is 3.18. The first-order chi connectivity index (χ1) is 9.69. The molecule has 1 N–H and O–H groups in total. The average Bonchev–Trinajstić information content (AvgIpc) is 2.90. The Morgan fingerprint density at radius 1 is 1.10 bits per heavy atom. The number of fused-ring (bicyclic) bond motifs is 1. The van der Waals surface area contributed by atoms with Crippen molar-refractivity contribution in [2.45, 2.75) is 20.0 Å². The SMILES string of the molecule is CNc1ccc(C(=O)N2Cc3ccccc3C2)c(C)c1. The van der Waals surface area contributed by atoms with Crippen LogP contribution in [0.3, 0.4) is 0 Å². The Labute approximate surface area is 119 Å². The molecule has 1 aliphatic rings. The maximum Gasteiger partial charge on any atom is 0.254 e. The number of benzene rings is 2. The van der Waals surface area contributed by atoms with E-state index in [4.69, 9.17) is 0 Å². The molecule has 0 spiro atoms. The number of carbonyl (C=O) groups excluding carboxylic acids is 1. The number of rotatable bonds is 2. The van der Waals surface area contributed by atoms with E-state index < -0.39 is 0 Å². The number of hydrogen-bond acceptors (Lipinski definition) is 2. The van der Waals surface area contributed by atoms with Crippen LogP contribution in [-0.2, 0) is 13.1 Å². The molecule has 0 unspecified atom stereocenters. The van der Waals surface area contributed by atoms with Crippen LogP contribution in [0.5, 0.6) is 0 Å². The molecule has 3 heteroatoms. The highest BCUT2D eigenvalue weighted by atomic mass is 16.2. The van der Waals surface area contributed by atoms with Crippen LogP contribution < -0.4 is 5.32 Å². The molecule has 3 nitrogen and oxygen atoms in total. The molecule has 0 atom stereocenters. The number of nitrogens with one attached hydrogen (secondary N) is 1. The molecule has 0 radical (unpaired) electrons. The minimum absolute atomic E-state index is 0.112. The summed E-state index contributed by atoms with van der Waals surface area (Å²) in [6.45, 7) is 3.40. The molecule has 102 valence electrons. The molecule has 0 saturated heterocycles. The van der Waals surface area contributed by atoms with Gasteiger partial charge in [0, 0.05) is 31.4 Å². The van der Waals surface area contributed by atoms with Gasteiger partial charge in [0.15, 0.2) is 0 Å². The summed E-state index contributed by atoms with van der Waals surface area (Å²) >= 11 is 0. The van der Waals surface area contributed by atoms with Crippen molar-refractivity contribution in [3.63, 3.8) is 0 Å². The number of carbonyl (C=O) groups is 1. The zero-order valence-corrected chi connectivity index (χ0v) is 11.8. The summed E-state index contributed by atoms with van der Waals surface area (Å²) in [5, 5.41) is 3.09. The van der Waals surface area contributed by atoms with Gasteiger partial charge >= 0.3 is 0 Å². The van der Waals surface area contributed by atoms with Gasteiger partial charge in [-0.3, -0.25) is 4.79 Å². The molecule has 1 amide bonds. The van der Waals surface area contributed by atoms with E-state index in [0.29, 0.717) is 13.1 Å². The van der Waals surface area contributed by atoms with Gasteiger partial charge in [-0.15, -0.1) is 0 Å². The van der Waals surface area contributed by atoms with Crippen molar-refractivity contribution in [2.24, 2.45) is 0 Å². The highest BCUT2D eigenvalue weighted by Crippen LogP contribution is 2.25. The van der Waals surface area contributed by atoms with Crippen LogP contribution in [-0.4, -0.2) is 17.9 Å². The summed E-state index contributed by atoms with van der Waals surface area (Å²) in [5.41, 5.74) is 5.34. The molecule has 2 aromatic carbocycles. The van der Waals surface area contributed by atoms with Gasteiger partial charge in [0.1, 0.15) is 0 Å². The van der Waals surface area contributed by atoms with Crippen molar-refractivity contribution in [3.8, 4) is 0 Å². The van der Waals surface area contributed by atoms with Crippen molar-refractivity contribution in [1.29, 1.82) is 0 Å². The fourth-order valence-corrected chi connectivity index (χ4v) is 2.71. The van der Waals surface area contributed by atoms with Gasteiger partial charge in [-0.2, -0.15) is 0 Å². The standard InChI is InChI=1S/C17H18N2O/c1-12-9-15(18-2)7-8-16(12)17(20)19-10-13-5-3-4-6-14(13)11-19/h3-9,18H,10-11H2,1-2H3. The van der Waals surface area contributed by atoms with Crippen molar-refractivity contribution in [2.75, 3.05) is 12.4 Å². The number of amides is 1. The zero-order valence-electron chi connectivity index (χ0n) is 11.8. The topological polar surface area (TPSA) is 32.3 Å². The molecule has 20 heavy (non-hydrogen) atoms. The van der Waals surface area contributed by atoms with Crippen molar-refractivity contribution < 1.29 is 4.79 Å². The third-order valence-electron chi connectivity index (χ3n) is 3.87. The van der Waals surface area contributed by atoms with E-state index in [1.54, 1.807) is 0 Å². The first-order valence-corrected chi connectivity index (χ1v) is 6.83. The lowest BCUT2D eigenvalue weighted by molar-refractivity contribution is 0.0750. The molecular formula is C17H18N2O. The molecule has 0 aromatic heterocycles. The second kappa shape index (κ2) is 5.00. The van der Waals surface area contributed by atoms with E-state index in [9.17, 15) is 4.79 Å². The maximum atomic E-state index is 12.6. The van der Waals surface area contributed by atoms with Crippen molar-refractivity contribution >= 4 is 11.6 Å². The van der Waals surface area contributed by atoms with E-state index in [-0.39, 0.29) is 5.91 Å². The lowest BCUT2D eigenvalue weighted by Gasteiger charge is -2.17. The first-order valence-electron chi connectivity index (χ1n) is 6.83. The summed E-state index contributed by atoms with van der Waals surface area (Å²) in [5.74, 6) is 0.112. The van der Waals surface area contributed by atoms with Gasteiger partial charge in [-0.05, 0) is 41.8 Å². The van der Waals surface area contributed by atoms with E-state index in [1.165, 1.54) is 11.1 Å². The van der Waals surface area contributed by atoms with Crippen molar-refractivity contribution in [1.82, 2.24) is 4.90 Å². The van der Waals surface area contributed by atoms with E-state index in [0.717, 1.165) is 16.8 Å². The molecule has 0 fully saturated rings. The number of nitrogens with zero attached hydrogens (tertiary/aromatic N) is 1. The molecule has 0 bridgehead atoms. The fourth-order valence-electron chi connectivity index (χ4n) is 2.71. The molecule has 3 rings (SSSR count). The molecule has 0 aliphatic carbocycles. The van der Waals surface area contributed by atoms with E-state index >= 15 is 0 Å². The molecule has 1 aliphatic heterocycles. The van der Waals surface area contributed by atoms with Crippen LogP contribution >= 0.6 is 0 Å². The van der Waals surface area contributed by atoms with Gasteiger partial charge in [0.25, 0.3) is 5.91 Å². The predicted molar refractivity (Wildman–Crippen MR) is 80.7 cm³/mol. The van der Waals surface area contributed by atoms with Gasteiger partial charge in [-0.1, -0.05) is 24.3 Å². The summed E-state index contributed by atoms with van der Waals surface area (Å²) < 4.78 is 0. The monoisotopic (exact) mass is 266 g/mol.